The molecule has 3 saturated carbocycles. The van der Waals surface area contributed by atoms with Crippen LogP contribution in [0.25, 0.3) is 0 Å². The molecule has 0 aliphatic heterocycles. The highest BCUT2D eigenvalue weighted by molar-refractivity contribution is 5.83. The van der Waals surface area contributed by atoms with E-state index >= 15 is 0 Å². The number of carbonyl (C=O) groups excluding carboxylic acids is 2. The molecule has 7 atom stereocenters. The summed E-state index contributed by atoms with van der Waals surface area (Å²) in [7, 11) is 1.44. The molecule has 0 aromatic heterocycles. The van der Waals surface area contributed by atoms with E-state index < -0.39 is 23.1 Å². The van der Waals surface area contributed by atoms with Crippen LogP contribution in [-0.2, 0) is 19.1 Å². The lowest BCUT2D eigenvalue weighted by molar-refractivity contribution is -0.204. The minimum atomic E-state index is -1.20. The zero-order valence-electron chi connectivity index (χ0n) is 19.9. The number of hydrogen-bond donors (Lipinski definition) is 2. The molecule has 2 N–H and O–H groups in total. The van der Waals surface area contributed by atoms with Gasteiger partial charge in [-0.15, -0.1) is 0 Å². The first-order chi connectivity index (χ1) is 14.5. The zero-order chi connectivity index (χ0) is 23.2. The fraction of sp³-hybridized carbons (Fsp3) is 0.840. The Bertz CT molecular complexity index is 744. The van der Waals surface area contributed by atoms with Crippen LogP contribution in [0, 0.1) is 34.5 Å². The average molecular weight is 437 g/mol. The maximum Gasteiger partial charge on any atom is 0.330 e. The fourth-order valence-electron chi connectivity index (χ4n) is 7.23. The molecule has 0 aromatic rings. The number of aliphatic hydroxyl groups excluding tert-OH is 1. The van der Waals surface area contributed by atoms with Gasteiger partial charge in [0.05, 0.1) is 30.8 Å². The predicted molar refractivity (Wildman–Crippen MR) is 117 cm³/mol. The van der Waals surface area contributed by atoms with E-state index in [2.05, 4.69) is 6.92 Å². The fourth-order valence-corrected chi connectivity index (χ4v) is 7.23. The van der Waals surface area contributed by atoms with Crippen LogP contribution in [-0.4, -0.2) is 47.6 Å². The number of aliphatic hydroxyl groups is 2. The first kappa shape index (κ1) is 24.2. The van der Waals surface area contributed by atoms with E-state index in [9.17, 15) is 19.8 Å². The van der Waals surface area contributed by atoms with E-state index in [-0.39, 0.29) is 41.7 Å². The third kappa shape index (κ3) is 3.74. The Morgan fingerprint density at radius 2 is 1.90 bits per heavy atom. The first-order valence-corrected chi connectivity index (χ1v) is 11.8. The topological polar surface area (TPSA) is 93.1 Å². The van der Waals surface area contributed by atoms with Crippen LogP contribution in [0.3, 0.4) is 0 Å². The summed E-state index contributed by atoms with van der Waals surface area (Å²) in [5.74, 6) is -0.990. The summed E-state index contributed by atoms with van der Waals surface area (Å²) in [4.78, 5) is 25.4. The van der Waals surface area contributed by atoms with Gasteiger partial charge in [-0.2, -0.15) is 0 Å². The van der Waals surface area contributed by atoms with Crippen molar-refractivity contribution >= 4 is 11.9 Å². The zero-order valence-corrected chi connectivity index (χ0v) is 19.9. The van der Waals surface area contributed by atoms with Gasteiger partial charge in [0.2, 0.25) is 0 Å². The van der Waals surface area contributed by atoms with Crippen molar-refractivity contribution in [1.29, 1.82) is 0 Å². The van der Waals surface area contributed by atoms with E-state index in [1.165, 1.54) is 13.2 Å². The monoisotopic (exact) mass is 436 g/mol. The number of ether oxygens (including phenoxy) is 2. The molecule has 3 aliphatic carbocycles. The second-order valence-corrected chi connectivity index (χ2v) is 10.8. The third-order valence-electron chi connectivity index (χ3n) is 9.07. The highest BCUT2D eigenvalue weighted by atomic mass is 16.5. The van der Waals surface area contributed by atoms with Crippen molar-refractivity contribution in [2.45, 2.75) is 84.8 Å². The Morgan fingerprint density at radius 1 is 1.23 bits per heavy atom. The molecule has 0 saturated heterocycles. The van der Waals surface area contributed by atoms with Crippen molar-refractivity contribution in [1.82, 2.24) is 0 Å². The highest BCUT2D eigenvalue weighted by Gasteiger charge is 2.64. The molecule has 31 heavy (non-hydrogen) atoms. The van der Waals surface area contributed by atoms with Crippen LogP contribution in [0.2, 0.25) is 0 Å². The standard InChI is InChI=1S/C25H40O6/c1-7-31-19(26)14-16-13-18-23(4,10-8-11-24(18,5)22(28)30-6)17-9-12-25(29,15(2)3)21(27)20(16)17/h14-15,17-18,20-21,27,29H,7-13H2,1-6H3/b16-14+/t17-,18+,20+,21-,23+,24+,25-/m0/s1. The lowest BCUT2D eigenvalue weighted by Gasteiger charge is -2.63. The lowest BCUT2D eigenvalue weighted by atomic mass is 9.42. The van der Waals surface area contributed by atoms with E-state index in [4.69, 9.17) is 9.47 Å². The smallest absolute Gasteiger partial charge is 0.330 e. The Kier molecular flexibility index (Phi) is 6.66. The van der Waals surface area contributed by atoms with Crippen LogP contribution in [0.4, 0.5) is 0 Å². The van der Waals surface area contributed by atoms with Crippen molar-refractivity contribution in [2.24, 2.45) is 34.5 Å². The van der Waals surface area contributed by atoms with Crippen LogP contribution in [0.1, 0.15) is 73.1 Å². The van der Waals surface area contributed by atoms with E-state index in [1.807, 2.05) is 20.8 Å². The van der Waals surface area contributed by atoms with Crippen LogP contribution in [0.5, 0.6) is 0 Å². The minimum absolute atomic E-state index is 0.000527. The third-order valence-corrected chi connectivity index (χ3v) is 9.07. The Labute approximate surface area is 186 Å². The summed E-state index contributed by atoms with van der Waals surface area (Å²) >= 11 is 0. The summed E-state index contributed by atoms with van der Waals surface area (Å²) < 4.78 is 10.4. The molecule has 6 heteroatoms. The second kappa shape index (κ2) is 8.51. The number of rotatable bonds is 4. The van der Waals surface area contributed by atoms with Gasteiger partial charge < -0.3 is 19.7 Å². The van der Waals surface area contributed by atoms with Crippen molar-refractivity contribution < 1.29 is 29.3 Å². The van der Waals surface area contributed by atoms with Gasteiger partial charge in [0.25, 0.3) is 0 Å². The molecule has 0 amide bonds. The van der Waals surface area contributed by atoms with Gasteiger partial charge >= 0.3 is 11.9 Å². The van der Waals surface area contributed by atoms with Gasteiger partial charge in [-0.1, -0.05) is 32.8 Å². The molecule has 0 radical (unpaired) electrons. The Morgan fingerprint density at radius 3 is 2.48 bits per heavy atom. The highest BCUT2D eigenvalue weighted by Crippen LogP contribution is 2.66. The molecule has 3 fully saturated rings. The molecular weight excluding hydrogens is 396 g/mol. The number of carbonyl (C=O) groups is 2. The Balaban J connectivity index is 2.12. The van der Waals surface area contributed by atoms with Crippen molar-refractivity contribution in [3.63, 3.8) is 0 Å². The van der Waals surface area contributed by atoms with Gasteiger partial charge in [-0.05, 0) is 69.1 Å². The Hall–Kier alpha value is -1.40. The molecule has 0 unspecified atom stereocenters. The number of methoxy groups -OCH3 is 1. The minimum Gasteiger partial charge on any atom is -0.469 e. The average Bonchev–Trinajstić information content (AvgIpc) is 2.71. The van der Waals surface area contributed by atoms with Gasteiger partial charge in [-0.25, -0.2) is 4.79 Å². The summed E-state index contributed by atoms with van der Waals surface area (Å²) in [6, 6.07) is 0. The van der Waals surface area contributed by atoms with Crippen molar-refractivity contribution in [2.75, 3.05) is 13.7 Å². The normalized spacial score (nSPS) is 43.8. The summed E-state index contributed by atoms with van der Waals surface area (Å²) in [6.45, 7) is 10.1. The summed E-state index contributed by atoms with van der Waals surface area (Å²) in [5.41, 5.74) is -1.22. The quantitative estimate of drug-likeness (QED) is 0.516. The second-order valence-electron chi connectivity index (χ2n) is 10.8. The van der Waals surface area contributed by atoms with E-state index in [0.717, 1.165) is 31.3 Å². The number of fused-ring (bicyclic) bond motifs is 3. The molecule has 0 aromatic carbocycles. The molecule has 176 valence electrons. The molecule has 3 rings (SSSR count). The molecule has 0 heterocycles. The van der Waals surface area contributed by atoms with Crippen LogP contribution < -0.4 is 0 Å². The van der Waals surface area contributed by atoms with Crippen LogP contribution in [0.15, 0.2) is 11.6 Å². The maximum atomic E-state index is 12.9. The van der Waals surface area contributed by atoms with Gasteiger partial charge in [0.1, 0.15) is 0 Å². The predicted octanol–water partition coefficient (Wildman–Crippen LogP) is 3.64. The maximum absolute atomic E-state index is 12.9. The summed E-state index contributed by atoms with van der Waals surface area (Å²) in [5, 5.41) is 22.8. The molecular formula is C25H40O6. The SMILES string of the molecule is CCOC(=O)/C=C1\C[C@@H]2[C@](C)(CCC[C@@]2(C)C(=O)OC)[C@H]2CC[C@](O)(C(C)C)[C@@H](O)[C@H]12. The van der Waals surface area contributed by atoms with Crippen molar-refractivity contribution in [3.8, 4) is 0 Å². The number of esters is 2. The summed E-state index contributed by atoms with van der Waals surface area (Å²) in [6.07, 6.45) is 4.97. The van der Waals surface area contributed by atoms with Crippen molar-refractivity contribution in [3.05, 3.63) is 11.6 Å². The largest absolute Gasteiger partial charge is 0.469 e. The molecule has 0 spiro atoms. The molecule has 3 aliphatic rings. The van der Waals surface area contributed by atoms with Crippen LogP contribution >= 0.6 is 0 Å². The van der Waals surface area contributed by atoms with Gasteiger partial charge in [0, 0.05) is 12.0 Å². The van der Waals surface area contributed by atoms with Gasteiger partial charge in [-0.3, -0.25) is 4.79 Å². The van der Waals surface area contributed by atoms with Gasteiger partial charge in [0.15, 0.2) is 0 Å². The molecule has 6 nitrogen and oxygen atoms in total. The van der Waals surface area contributed by atoms with E-state index in [1.54, 1.807) is 6.92 Å². The first-order valence-electron chi connectivity index (χ1n) is 11.8. The number of hydrogen-bond acceptors (Lipinski definition) is 6. The lowest BCUT2D eigenvalue weighted by Crippen LogP contribution is -2.64. The van der Waals surface area contributed by atoms with E-state index in [0.29, 0.717) is 12.8 Å². The molecule has 0 bridgehead atoms.